The highest BCUT2D eigenvalue weighted by molar-refractivity contribution is 5.96. The van der Waals surface area contributed by atoms with Gasteiger partial charge in [-0.3, -0.25) is 9.78 Å². The Morgan fingerprint density at radius 3 is 2.82 bits per heavy atom. The molecule has 2 heterocycles. The smallest absolute Gasteiger partial charge is 0.257 e. The predicted octanol–water partition coefficient (Wildman–Crippen LogP) is 2.05. The molecule has 0 unspecified atom stereocenters. The maximum Gasteiger partial charge on any atom is 0.257 e. The number of aromatic hydroxyl groups is 1. The van der Waals surface area contributed by atoms with Crippen LogP contribution in [0.2, 0.25) is 0 Å². The summed E-state index contributed by atoms with van der Waals surface area (Å²) in [7, 11) is 0. The molecule has 1 aliphatic rings. The summed E-state index contributed by atoms with van der Waals surface area (Å²) in [6, 6.07) is 1.57. The third-order valence-corrected chi connectivity index (χ3v) is 3.51. The Balaban J connectivity index is 2.04. The first-order valence-corrected chi connectivity index (χ1v) is 6.14. The van der Waals surface area contributed by atoms with Crippen LogP contribution in [0.4, 0.5) is 0 Å². The van der Waals surface area contributed by atoms with E-state index in [1.165, 1.54) is 18.8 Å². The van der Waals surface area contributed by atoms with Crippen molar-refractivity contribution >= 4 is 5.91 Å². The second kappa shape index (κ2) is 5.17. The Labute approximate surface area is 101 Å². The van der Waals surface area contributed by atoms with Crippen molar-refractivity contribution in [3.05, 3.63) is 24.0 Å². The van der Waals surface area contributed by atoms with E-state index in [4.69, 9.17) is 0 Å². The van der Waals surface area contributed by atoms with Crippen LogP contribution < -0.4 is 0 Å². The molecule has 0 aromatic carbocycles. The third-order valence-electron chi connectivity index (χ3n) is 3.51. The van der Waals surface area contributed by atoms with Crippen LogP contribution in [0.15, 0.2) is 18.5 Å². The van der Waals surface area contributed by atoms with Crippen molar-refractivity contribution < 1.29 is 9.90 Å². The van der Waals surface area contributed by atoms with Gasteiger partial charge < -0.3 is 10.0 Å². The number of nitrogens with zero attached hydrogens (tertiary/aromatic N) is 2. The SMILES string of the molecule is CCC1CCN(C(=O)c2ccncc2O)CC1. The molecule has 1 fully saturated rings. The van der Waals surface area contributed by atoms with Gasteiger partial charge in [-0.05, 0) is 24.8 Å². The molecule has 4 nitrogen and oxygen atoms in total. The number of pyridine rings is 1. The summed E-state index contributed by atoms with van der Waals surface area (Å²) in [5.74, 6) is 0.625. The minimum absolute atomic E-state index is 0.0323. The fraction of sp³-hybridized carbons (Fsp3) is 0.538. The maximum atomic E-state index is 12.2. The first kappa shape index (κ1) is 11.9. The summed E-state index contributed by atoms with van der Waals surface area (Å²) in [6.07, 6.45) is 6.16. The Morgan fingerprint density at radius 1 is 1.53 bits per heavy atom. The van der Waals surface area contributed by atoms with Crippen LogP contribution in [-0.2, 0) is 0 Å². The highest BCUT2D eigenvalue weighted by Crippen LogP contribution is 2.23. The fourth-order valence-corrected chi connectivity index (χ4v) is 2.28. The van der Waals surface area contributed by atoms with Crippen LogP contribution in [0, 0.1) is 5.92 Å². The number of carbonyl (C=O) groups excluding carboxylic acids is 1. The van der Waals surface area contributed by atoms with Crippen molar-refractivity contribution in [2.75, 3.05) is 13.1 Å². The first-order valence-electron chi connectivity index (χ1n) is 6.14. The van der Waals surface area contributed by atoms with Gasteiger partial charge in [-0.25, -0.2) is 0 Å². The predicted molar refractivity (Wildman–Crippen MR) is 64.8 cm³/mol. The van der Waals surface area contributed by atoms with E-state index in [1.807, 2.05) is 4.90 Å². The number of hydrogen-bond donors (Lipinski definition) is 1. The van der Waals surface area contributed by atoms with Gasteiger partial charge in [0.1, 0.15) is 5.75 Å². The van der Waals surface area contributed by atoms with E-state index in [-0.39, 0.29) is 11.7 Å². The van der Waals surface area contributed by atoms with E-state index in [0.717, 1.165) is 31.8 Å². The van der Waals surface area contributed by atoms with Gasteiger partial charge in [0.05, 0.1) is 11.8 Å². The Kier molecular flexibility index (Phi) is 3.61. The minimum atomic E-state index is -0.0838. The van der Waals surface area contributed by atoms with Gasteiger partial charge in [0, 0.05) is 19.3 Å². The van der Waals surface area contributed by atoms with E-state index in [2.05, 4.69) is 11.9 Å². The van der Waals surface area contributed by atoms with Crippen LogP contribution in [-0.4, -0.2) is 34.0 Å². The van der Waals surface area contributed by atoms with Crippen molar-refractivity contribution in [2.24, 2.45) is 5.92 Å². The molecule has 0 aliphatic carbocycles. The lowest BCUT2D eigenvalue weighted by Gasteiger charge is -2.31. The molecule has 0 radical (unpaired) electrons. The van der Waals surface area contributed by atoms with Crippen molar-refractivity contribution in [2.45, 2.75) is 26.2 Å². The third kappa shape index (κ3) is 2.57. The molecular formula is C13H18N2O2. The lowest BCUT2D eigenvalue weighted by Crippen LogP contribution is -2.38. The zero-order valence-electron chi connectivity index (χ0n) is 10.1. The highest BCUT2D eigenvalue weighted by Gasteiger charge is 2.24. The molecule has 0 spiro atoms. The number of hydrogen-bond acceptors (Lipinski definition) is 3. The molecule has 0 bridgehead atoms. The molecule has 1 aromatic heterocycles. The summed E-state index contributed by atoms with van der Waals surface area (Å²) in [4.78, 5) is 17.8. The molecule has 4 heteroatoms. The normalized spacial score (nSPS) is 17.1. The van der Waals surface area contributed by atoms with Crippen LogP contribution in [0.5, 0.6) is 5.75 Å². The van der Waals surface area contributed by atoms with Gasteiger partial charge in [0.15, 0.2) is 0 Å². The molecule has 2 rings (SSSR count). The second-order valence-corrected chi connectivity index (χ2v) is 4.54. The molecule has 17 heavy (non-hydrogen) atoms. The average molecular weight is 234 g/mol. The Hall–Kier alpha value is -1.58. The van der Waals surface area contributed by atoms with Crippen LogP contribution in [0.3, 0.4) is 0 Å². The van der Waals surface area contributed by atoms with Crippen LogP contribution in [0.1, 0.15) is 36.5 Å². The Morgan fingerprint density at radius 2 is 2.24 bits per heavy atom. The van der Waals surface area contributed by atoms with E-state index in [0.29, 0.717) is 5.56 Å². The lowest BCUT2D eigenvalue weighted by molar-refractivity contribution is 0.0685. The van der Waals surface area contributed by atoms with Crippen molar-refractivity contribution in [1.82, 2.24) is 9.88 Å². The van der Waals surface area contributed by atoms with Gasteiger partial charge in [0.25, 0.3) is 5.91 Å². The minimum Gasteiger partial charge on any atom is -0.505 e. The number of carbonyl (C=O) groups is 1. The molecule has 1 saturated heterocycles. The zero-order chi connectivity index (χ0) is 12.3. The van der Waals surface area contributed by atoms with Gasteiger partial charge in [-0.15, -0.1) is 0 Å². The summed E-state index contributed by atoms with van der Waals surface area (Å²) in [6.45, 7) is 3.77. The molecule has 0 atom stereocenters. The zero-order valence-corrected chi connectivity index (χ0v) is 10.1. The molecule has 1 N–H and O–H groups in total. The number of likely N-dealkylation sites (tertiary alicyclic amines) is 1. The number of amides is 1. The summed E-state index contributed by atoms with van der Waals surface area (Å²) in [5, 5.41) is 9.60. The second-order valence-electron chi connectivity index (χ2n) is 4.54. The fourth-order valence-electron chi connectivity index (χ4n) is 2.28. The van der Waals surface area contributed by atoms with Crippen molar-refractivity contribution in [3.8, 4) is 5.75 Å². The monoisotopic (exact) mass is 234 g/mol. The summed E-state index contributed by atoms with van der Waals surface area (Å²) >= 11 is 0. The Bertz CT molecular complexity index is 398. The van der Waals surface area contributed by atoms with Crippen molar-refractivity contribution in [1.29, 1.82) is 0 Å². The summed E-state index contributed by atoms with van der Waals surface area (Å²) in [5.41, 5.74) is 0.356. The lowest BCUT2D eigenvalue weighted by atomic mass is 9.94. The van der Waals surface area contributed by atoms with Crippen LogP contribution >= 0.6 is 0 Å². The summed E-state index contributed by atoms with van der Waals surface area (Å²) < 4.78 is 0. The molecular weight excluding hydrogens is 216 g/mol. The largest absolute Gasteiger partial charge is 0.505 e. The van der Waals surface area contributed by atoms with Crippen molar-refractivity contribution in [3.63, 3.8) is 0 Å². The van der Waals surface area contributed by atoms with Crippen LogP contribution in [0.25, 0.3) is 0 Å². The first-order chi connectivity index (χ1) is 8.22. The molecule has 1 aliphatic heterocycles. The van der Waals surface area contributed by atoms with Gasteiger partial charge in [-0.1, -0.05) is 13.3 Å². The number of aromatic nitrogens is 1. The molecule has 0 saturated carbocycles. The topological polar surface area (TPSA) is 53.4 Å². The van der Waals surface area contributed by atoms with Gasteiger partial charge >= 0.3 is 0 Å². The quantitative estimate of drug-likeness (QED) is 0.852. The van der Waals surface area contributed by atoms with E-state index in [9.17, 15) is 9.90 Å². The molecule has 92 valence electrons. The average Bonchev–Trinajstić information content (AvgIpc) is 2.39. The molecule has 1 amide bonds. The van der Waals surface area contributed by atoms with E-state index in [1.54, 1.807) is 6.07 Å². The number of piperidine rings is 1. The van der Waals surface area contributed by atoms with E-state index < -0.39 is 0 Å². The molecule has 1 aromatic rings. The van der Waals surface area contributed by atoms with E-state index >= 15 is 0 Å². The number of rotatable bonds is 2. The van der Waals surface area contributed by atoms with Gasteiger partial charge in [-0.2, -0.15) is 0 Å². The standard InChI is InChI=1S/C13H18N2O2/c1-2-10-4-7-15(8-5-10)13(17)11-3-6-14-9-12(11)16/h3,6,9-10,16H,2,4-5,7-8H2,1H3. The maximum absolute atomic E-state index is 12.2. The highest BCUT2D eigenvalue weighted by atomic mass is 16.3. The van der Waals surface area contributed by atoms with Gasteiger partial charge in [0.2, 0.25) is 0 Å².